The molecule has 0 saturated carbocycles. The number of aromatic nitrogens is 4. The molecule has 19 heavy (non-hydrogen) atoms. The van der Waals surface area contributed by atoms with Gasteiger partial charge in [0.2, 0.25) is 17.7 Å². The van der Waals surface area contributed by atoms with Gasteiger partial charge in [-0.05, 0) is 6.42 Å². The molecule has 1 amide bonds. The zero-order valence-electron chi connectivity index (χ0n) is 10.9. The summed E-state index contributed by atoms with van der Waals surface area (Å²) in [4.78, 5) is 23.9. The van der Waals surface area contributed by atoms with Crippen LogP contribution in [0.3, 0.4) is 0 Å². The predicted molar refractivity (Wildman–Crippen MR) is 69.6 cm³/mol. The fourth-order valence-corrected chi connectivity index (χ4v) is 1.70. The van der Waals surface area contributed by atoms with E-state index < -0.39 is 0 Å². The number of nitrogens with one attached hydrogen (secondary N) is 1. The fraction of sp³-hybridized carbons (Fsp3) is 0.455. The highest BCUT2D eigenvalue weighted by Gasteiger charge is 2.16. The number of hydrogen-bond donors (Lipinski definition) is 2. The second kappa shape index (κ2) is 5.51. The Bertz CT molecular complexity index is 594. The third-order valence-electron chi connectivity index (χ3n) is 2.60. The summed E-state index contributed by atoms with van der Waals surface area (Å²) in [5.41, 5.74) is 6.73. The van der Waals surface area contributed by atoms with E-state index in [-0.39, 0.29) is 18.4 Å². The van der Waals surface area contributed by atoms with Gasteiger partial charge in [0.1, 0.15) is 12.9 Å². The lowest BCUT2D eigenvalue weighted by Crippen LogP contribution is -2.28. The third kappa shape index (κ3) is 2.56. The van der Waals surface area contributed by atoms with E-state index >= 15 is 0 Å². The molecule has 0 fully saturated rings. The van der Waals surface area contributed by atoms with Gasteiger partial charge >= 0.3 is 0 Å². The summed E-state index contributed by atoms with van der Waals surface area (Å²) in [5, 5.41) is 2.77. The standard InChI is InChI=1S/C11H16N6O2/c1-3-4-13-7(18)5-17-9-8(16-11(17)12)10(19-2)15-6-14-9/h6H,3-5H2,1-2H3,(H2,12,16)(H,13,18). The van der Waals surface area contributed by atoms with Crippen molar-refractivity contribution >= 4 is 23.0 Å². The van der Waals surface area contributed by atoms with Gasteiger partial charge in [-0.15, -0.1) is 0 Å². The van der Waals surface area contributed by atoms with Crippen molar-refractivity contribution in [2.75, 3.05) is 19.4 Å². The van der Waals surface area contributed by atoms with Gasteiger partial charge < -0.3 is 15.8 Å². The fourth-order valence-electron chi connectivity index (χ4n) is 1.70. The Morgan fingerprint density at radius 3 is 3.00 bits per heavy atom. The minimum atomic E-state index is -0.134. The zero-order valence-corrected chi connectivity index (χ0v) is 10.9. The van der Waals surface area contributed by atoms with E-state index in [2.05, 4.69) is 20.3 Å². The second-order valence-electron chi connectivity index (χ2n) is 3.96. The number of hydrogen-bond acceptors (Lipinski definition) is 6. The van der Waals surface area contributed by atoms with Crippen molar-refractivity contribution in [3.8, 4) is 5.88 Å². The van der Waals surface area contributed by atoms with Crippen LogP contribution in [0.15, 0.2) is 6.33 Å². The number of rotatable bonds is 5. The number of fused-ring (bicyclic) bond motifs is 1. The predicted octanol–water partition coefficient (Wildman–Crippen LogP) is -0.0567. The highest BCUT2D eigenvalue weighted by molar-refractivity contribution is 5.82. The number of anilines is 1. The van der Waals surface area contributed by atoms with Gasteiger partial charge in [0, 0.05) is 6.54 Å². The lowest BCUT2D eigenvalue weighted by molar-refractivity contribution is -0.121. The molecule has 102 valence electrons. The first kappa shape index (κ1) is 13.1. The maximum absolute atomic E-state index is 11.7. The Morgan fingerprint density at radius 2 is 2.32 bits per heavy atom. The Hall–Kier alpha value is -2.38. The molecule has 0 aliphatic carbocycles. The summed E-state index contributed by atoms with van der Waals surface area (Å²) in [6.45, 7) is 2.69. The molecule has 0 spiro atoms. The third-order valence-corrected chi connectivity index (χ3v) is 2.60. The number of imidazole rings is 1. The molecule has 0 atom stereocenters. The molecule has 0 aromatic carbocycles. The van der Waals surface area contributed by atoms with Crippen LogP contribution in [0.5, 0.6) is 5.88 Å². The Kier molecular flexibility index (Phi) is 3.79. The summed E-state index contributed by atoms with van der Waals surface area (Å²) in [6, 6.07) is 0. The molecule has 0 bridgehead atoms. The van der Waals surface area contributed by atoms with Crippen molar-refractivity contribution < 1.29 is 9.53 Å². The van der Waals surface area contributed by atoms with Crippen LogP contribution in [0.2, 0.25) is 0 Å². The Labute approximate surface area is 110 Å². The molecule has 0 aliphatic heterocycles. The highest BCUT2D eigenvalue weighted by atomic mass is 16.5. The van der Waals surface area contributed by atoms with E-state index in [0.717, 1.165) is 6.42 Å². The average Bonchev–Trinajstić information content (AvgIpc) is 2.73. The van der Waals surface area contributed by atoms with Crippen molar-refractivity contribution in [1.82, 2.24) is 24.8 Å². The lowest BCUT2D eigenvalue weighted by atomic mass is 10.4. The van der Waals surface area contributed by atoms with Gasteiger partial charge in [0.15, 0.2) is 11.2 Å². The van der Waals surface area contributed by atoms with Crippen LogP contribution in [0.25, 0.3) is 11.2 Å². The first-order valence-corrected chi connectivity index (χ1v) is 5.94. The summed E-state index contributed by atoms with van der Waals surface area (Å²) in [6.07, 6.45) is 2.23. The lowest BCUT2D eigenvalue weighted by Gasteiger charge is -2.06. The molecular weight excluding hydrogens is 248 g/mol. The molecule has 0 unspecified atom stereocenters. The molecule has 8 heteroatoms. The molecular formula is C11H16N6O2. The summed E-state index contributed by atoms with van der Waals surface area (Å²) in [7, 11) is 1.49. The number of nitrogens with zero attached hydrogens (tertiary/aromatic N) is 4. The smallest absolute Gasteiger partial charge is 0.245 e. The number of ether oxygens (including phenoxy) is 1. The zero-order chi connectivity index (χ0) is 13.8. The van der Waals surface area contributed by atoms with Crippen LogP contribution in [-0.2, 0) is 11.3 Å². The number of carbonyl (C=O) groups is 1. The molecule has 2 heterocycles. The Morgan fingerprint density at radius 1 is 1.53 bits per heavy atom. The van der Waals surface area contributed by atoms with E-state index in [4.69, 9.17) is 10.5 Å². The first-order chi connectivity index (χ1) is 9.17. The molecule has 0 aliphatic rings. The number of amides is 1. The van der Waals surface area contributed by atoms with E-state index in [0.29, 0.717) is 23.6 Å². The maximum Gasteiger partial charge on any atom is 0.245 e. The van der Waals surface area contributed by atoms with Gasteiger partial charge in [0.25, 0.3) is 0 Å². The van der Waals surface area contributed by atoms with E-state index in [1.807, 2.05) is 6.92 Å². The van der Waals surface area contributed by atoms with Gasteiger partial charge in [0.05, 0.1) is 7.11 Å². The van der Waals surface area contributed by atoms with Crippen LogP contribution < -0.4 is 15.8 Å². The van der Waals surface area contributed by atoms with Gasteiger partial charge in [-0.1, -0.05) is 6.92 Å². The minimum Gasteiger partial charge on any atom is -0.479 e. The summed E-state index contributed by atoms with van der Waals surface area (Å²) in [5.74, 6) is 0.412. The molecule has 2 aromatic heterocycles. The normalized spacial score (nSPS) is 10.6. The summed E-state index contributed by atoms with van der Waals surface area (Å²) >= 11 is 0. The maximum atomic E-state index is 11.7. The van der Waals surface area contributed by atoms with Crippen molar-refractivity contribution in [3.05, 3.63) is 6.33 Å². The first-order valence-electron chi connectivity index (χ1n) is 5.94. The van der Waals surface area contributed by atoms with Crippen molar-refractivity contribution in [2.45, 2.75) is 19.9 Å². The van der Waals surface area contributed by atoms with Gasteiger partial charge in [-0.3, -0.25) is 9.36 Å². The van der Waals surface area contributed by atoms with Crippen LogP contribution in [0.4, 0.5) is 5.95 Å². The molecule has 2 aromatic rings. The topological polar surface area (TPSA) is 108 Å². The van der Waals surface area contributed by atoms with E-state index in [1.165, 1.54) is 18.0 Å². The van der Waals surface area contributed by atoms with Crippen molar-refractivity contribution in [2.24, 2.45) is 0 Å². The SMILES string of the molecule is CCCNC(=O)Cn1c(N)nc2c(OC)ncnc21. The van der Waals surface area contributed by atoms with Crippen LogP contribution in [0, 0.1) is 0 Å². The average molecular weight is 264 g/mol. The molecule has 2 rings (SSSR count). The molecule has 0 radical (unpaired) electrons. The van der Waals surface area contributed by atoms with Crippen LogP contribution >= 0.6 is 0 Å². The number of carbonyl (C=O) groups excluding carboxylic acids is 1. The van der Waals surface area contributed by atoms with Crippen molar-refractivity contribution in [1.29, 1.82) is 0 Å². The largest absolute Gasteiger partial charge is 0.479 e. The number of nitrogen functional groups attached to an aromatic ring is 1. The van der Waals surface area contributed by atoms with Gasteiger partial charge in [-0.25, -0.2) is 9.97 Å². The molecule has 3 N–H and O–H groups in total. The quantitative estimate of drug-likeness (QED) is 0.783. The van der Waals surface area contributed by atoms with Crippen LogP contribution in [-0.4, -0.2) is 39.1 Å². The summed E-state index contributed by atoms with van der Waals surface area (Å²) < 4.78 is 6.61. The minimum absolute atomic E-state index is 0.0719. The van der Waals surface area contributed by atoms with Gasteiger partial charge in [-0.2, -0.15) is 4.98 Å². The van der Waals surface area contributed by atoms with E-state index in [9.17, 15) is 4.79 Å². The highest BCUT2D eigenvalue weighted by Crippen LogP contribution is 2.22. The molecule has 0 saturated heterocycles. The number of methoxy groups -OCH3 is 1. The van der Waals surface area contributed by atoms with E-state index in [1.54, 1.807) is 0 Å². The Balaban J connectivity index is 2.33. The monoisotopic (exact) mass is 264 g/mol. The van der Waals surface area contributed by atoms with Crippen molar-refractivity contribution in [3.63, 3.8) is 0 Å². The number of nitrogens with two attached hydrogens (primary N) is 1. The second-order valence-corrected chi connectivity index (χ2v) is 3.96. The van der Waals surface area contributed by atoms with Crippen LogP contribution in [0.1, 0.15) is 13.3 Å². The molecule has 8 nitrogen and oxygen atoms in total.